The van der Waals surface area contributed by atoms with Crippen LogP contribution in [0.3, 0.4) is 0 Å². The number of nitrogens with zero attached hydrogens (tertiary/aromatic N) is 1. The molecule has 1 heterocycles. The van der Waals surface area contributed by atoms with Gasteiger partial charge in [-0.05, 0) is 33.6 Å². The van der Waals surface area contributed by atoms with E-state index >= 15 is 0 Å². The summed E-state index contributed by atoms with van der Waals surface area (Å²) < 4.78 is 18.8. The molecule has 0 unspecified atom stereocenters. The van der Waals surface area contributed by atoms with Crippen molar-refractivity contribution in [2.75, 3.05) is 13.1 Å². The van der Waals surface area contributed by atoms with Crippen LogP contribution in [0.25, 0.3) is 0 Å². The second kappa shape index (κ2) is 5.54. The fourth-order valence-electron chi connectivity index (χ4n) is 1.86. The summed E-state index contributed by atoms with van der Waals surface area (Å²) in [7, 11) is 0. The molecule has 2 atom stereocenters. The zero-order valence-electron chi connectivity index (χ0n) is 11.0. The average molecular weight is 261 g/mol. The molecule has 1 amide bonds. The molecule has 6 heteroatoms. The number of halogens is 1. The van der Waals surface area contributed by atoms with Crippen molar-refractivity contribution in [2.24, 2.45) is 5.92 Å². The number of aliphatic carboxylic acids is 1. The third-order valence-corrected chi connectivity index (χ3v) is 2.79. The Hall–Kier alpha value is -1.33. The number of rotatable bonds is 1. The molecule has 104 valence electrons. The minimum atomic E-state index is -1.41. The summed E-state index contributed by atoms with van der Waals surface area (Å²) in [5.41, 5.74) is -0.606. The summed E-state index contributed by atoms with van der Waals surface area (Å²) in [6.45, 7) is 5.66. The zero-order valence-corrected chi connectivity index (χ0v) is 11.0. The lowest BCUT2D eigenvalue weighted by Gasteiger charge is -2.26. The van der Waals surface area contributed by atoms with Crippen LogP contribution in [0.5, 0.6) is 0 Å². The maximum atomic E-state index is 13.6. The predicted molar refractivity (Wildman–Crippen MR) is 63.1 cm³/mol. The molecule has 0 bridgehead atoms. The average Bonchev–Trinajstić information content (AvgIpc) is 2.37. The fourth-order valence-corrected chi connectivity index (χ4v) is 1.86. The van der Waals surface area contributed by atoms with Gasteiger partial charge in [-0.15, -0.1) is 0 Å². The van der Waals surface area contributed by atoms with E-state index in [0.29, 0.717) is 0 Å². The number of alkyl halides is 1. The lowest BCUT2D eigenvalue weighted by molar-refractivity contribution is -0.144. The molecule has 0 aromatic heterocycles. The van der Waals surface area contributed by atoms with Crippen molar-refractivity contribution < 1.29 is 23.8 Å². The highest BCUT2D eigenvalue weighted by atomic mass is 19.1. The van der Waals surface area contributed by atoms with Crippen LogP contribution in [-0.4, -0.2) is 46.9 Å². The van der Waals surface area contributed by atoms with Crippen LogP contribution < -0.4 is 0 Å². The molecule has 18 heavy (non-hydrogen) atoms. The Balaban J connectivity index is 2.61. The Morgan fingerprint density at radius 3 is 2.33 bits per heavy atom. The highest BCUT2D eigenvalue weighted by Gasteiger charge is 2.34. The van der Waals surface area contributed by atoms with Gasteiger partial charge in [0.1, 0.15) is 11.8 Å². The summed E-state index contributed by atoms with van der Waals surface area (Å²) in [6, 6.07) is 0. The van der Waals surface area contributed by atoms with E-state index in [9.17, 15) is 14.0 Å². The van der Waals surface area contributed by atoms with Crippen LogP contribution in [0.15, 0.2) is 0 Å². The molecule has 0 aromatic carbocycles. The number of carbonyl (C=O) groups excluding carboxylic acids is 1. The molecule has 1 aliphatic rings. The fraction of sp³-hybridized carbons (Fsp3) is 0.833. The molecule has 1 fully saturated rings. The SMILES string of the molecule is CC(C)(C)OC(=O)N1CC[C@@H](F)[C@@H](C(=O)O)CC1. The summed E-state index contributed by atoms with van der Waals surface area (Å²) >= 11 is 0. The Labute approximate surface area is 106 Å². The number of hydrogen-bond donors (Lipinski definition) is 1. The van der Waals surface area contributed by atoms with Crippen LogP contribution in [-0.2, 0) is 9.53 Å². The van der Waals surface area contributed by atoms with E-state index in [1.54, 1.807) is 20.8 Å². The summed E-state index contributed by atoms with van der Waals surface area (Å²) in [5.74, 6) is -2.18. The first kappa shape index (κ1) is 14.7. The highest BCUT2D eigenvalue weighted by Crippen LogP contribution is 2.22. The molecule has 1 N–H and O–H groups in total. The van der Waals surface area contributed by atoms with Crippen LogP contribution in [0.1, 0.15) is 33.6 Å². The second-order valence-electron chi connectivity index (χ2n) is 5.51. The van der Waals surface area contributed by atoms with E-state index in [4.69, 9.17) is 9.84 Å². The van der Waals surface area contributed by atoms with Gasteiger partial charge in [-0.3, -0.25) is 4.79 Å². The van der Waals surface area contributed by atoms with Crippen molar-refractivity contribution in [3.8, 4) is 0 Å². The van der Waals surface area contributed by atoms with Crippen molar-refractivity contribution in [1.82, 2.24) is 4.90 Å². The van der Waals surface area contributed by atoms with Gasteiger partial charge in [-0.2, -0.15) is 0 Å². The van der Waals surface area contributed by atoms with Crippen molar-refractivity contribution in [3.63, 3.8) is 0 Å². The maximum Gasteiger partial charge on any atom is 0.410 e. The van der Waals surface area contributed by atoms with Crippen LogP contribution >= 0.6 is 0 Å². The highest BCUT2D eigenvalue weighted by molar-refractivity contribution is 5.71. The Kier molecular flexibility index (Phi) is 4.53. The second-order valence-corrected chi connectivity index (χ2v) is 5.51. The summed E-state index contributed by atoms with van der Waals surface area (Å²) in [5, 5.41) is 8.87. The van der Waals surface area contributed by atoms with Gasteiger partial charge in [-0.25, -0.2) is 9.18 Å². The molecule has 0 saturated carbocycles. The lowest BCUT2D eigenvalue weighted by atomic mass is 9.99. The monoisotopic (exact) mass is 261 g/mol. The van der Waals surface area contributed by atoms with Crippen molar-refractivity contribution in [3.05, 3.63) is 0 Å². The topological polar surface area (TPSA) is 66.8 Å². The third-order valence-electron chi connectivity index (χ3n) is 2.79. The van der Waals surface area contributed by atoms with Gasteiger partial charge in [0, 0.05) is 13.1 Å². The van der Waals surface area contributed by atoms with Gasteiger partial charge in [0.15, 0.2) is 0 Å². The largest absolute Gasteiger partial charge is 0.481 e. The van der Waals surface area contributed by atoms with Gasteiger partial charge >= 0.3 is 12.1 Å². The van der Waals surface area contributed by atoms with E-state index in [0.717, 1.165) is 0 Å². The van der Waals surface area contributed by atoms with Gasteiger partial charge in [0.2, 0.25) is 0 Å². The van der Waals surface area contributed by atoms with E-state index in [2.05, 4.69) is 0 Å². The third kappa shape index (κ3) is 4.16. The van der Waals surface area contributed by atoms with E-state index < -0.39 is 29.8 Å². The predicted octanol–water partition coefficient (Wildman–Crippen LogP) is 2.06. The van der Waals surface area contributed by atoms with Crippen molar-refractivity contribution in [2.45, 2.75) is 45.4 Å². The molecule has 5 nitrogen and oxygen atoms in total. The first-order chi connectivity index (χ1) is 8.20. The van der Waals surface area contributed by atoms with Gasteiger partial charge in [0.25, 0.3) is 0 Å². The van der Waals surface area contributed by atoms with Crippen molar-refractivity contribution in [1.29, 1.82) is 0 Å². The molecule has 0 aromatic rings. The van der Waals surface area contributed by atoms with Crippen molar-refractivity contribution >= 4 is 12.1 Å². The molecular formula is C12H20FNO4. The van der Waals surface area contributed by atoms with Crippen LogP contribution in [0.2, 0.25) is 0 Å². The molecule has 0 radical (unpaired) electrons. The normalized spacial score (nSPS) is 25.4. The minimum Gasteiger partial charge on any atom is -0.481 e. The molecule has 0 spiro atoms. The summed E-state index contributed by atoms with van der Waals surface area (Å²) in [6.07, 6.45) is -1.76. The first-order valence-electron chi connectivity index (χ1n) is 6.05. The standard InChI is InChI=1S/C12H20FNO4/c1-12(2,3)18-11(17)14-6-4-8(10(15)16)9(13)5-7-14/h8-9H,4-7H2,1-3H3,(H,15,16)/t8-,9+/m0/s1. The molecule has 1 aliphatic heterocycles. The number of hydrogen-bond acceptors (Lipinski definition) is 3. The van der Waals surface area contributed by atoms with Crippen LogP contribution in [0, 0.1) is 5.92 Å². The molecular weight excluding hydrogens is 241 g/mol. The first-order valence-corrected chi connectivity index (χ1v) is 6.05. The number of amides is 1. The number of likely N-dealkylation sites (tertiary alicyclic amines) is 1. The Morgan fingerprint density at radius 1 is 1.28 bits per heavy atom. The molecule has 1 saturated heterocycles. The number of ether oxygens (including phenoxy) is 1. The zero-order chi connectivity index (χ0) is 13.9. The minimum absolute atomic E-state index is 0.0379. The smallest absolute Gasteiger partial charge is 0.410 e. The Morgan fingerprint density at radius 2 is 1.83 bits per heavy atom. The Bertz CT molecular complexity index is 327. The van der Waals surface area contributed by atoms with Gasteiger partial charge < -0.3 is 14.7 Å². The molecule has 0 aliphatic carbocycles. The quantitative estimate of drug-likeness (QED) is 0.784. The number of carboxylic acid groups (broad SMARTS) is 1. The summed E-state index contributed by atoms with van der Waals surface area (Å²) in [4.78, 5) is 24.0. The van der Waals surface area contributed by atoms with E-state index in [1.165, 1.54) is 4.90 Å². The van der Waals surface area contributed by atoms with E-state index in [1.807, 2.05) is 0 Å². The van der Waals surface area contributed by atoms with Gasteiger partial charge in [0.05, 0.1) is 5.92 Å². The van der Waals surface area contributed by atoms with Crippen LogP contribution in [0.4, 0.5) is 9.18 Å². The number of carboxylic acids is 1. The van der Waals surface area contributed by atoms with Gasteiger partial charge in [-0.1, -0.05) is 0 Å². The maximum absolute atomic E-state index is 13.6. The number of carbonyl (C=O) groups is 2. The molecule has 1 rings (SSSR count). The van der Waals surface area contributed by atoms with E-state index in [-0.39, 0.29) is 25.9 Å². The lowest BCUT2D eigenvalue weighted by Crippen LogP contribution is -2.37.